The van der Waals surface area contributed by atoms with E-state index in [2.05, 4.69) is 15.0 Å². The van der Waals surface area contributed by atoms with Crippen LogP contribution in [0.1, 0.15) is 69.0 Å². The quantitative estimate of drug-likeness (QED) is 0.781. The average molecular weight is 307 g/mol. The average Bonchev–Trinajstić information content (AvgIpc) is 2.81. The Balaban J connectivity index is 1.40. The summed E-state index contributed by atoms with van der Waals surface area (Å²) in [6.07, 6.45) is 10.8. The molecule has 0 amide bonds. The van der Waals surface area contributed by atoms with Crippen molar-refractivity contribution in [2.75, 3.05) is 26.2 Å². The molecule has 5 nitrogen and oxygen atoms in total. The van der Waals surface area contributed by atoms with Gasteiger partial charge in [0.25, 0.3) is 0 Å². The van der Waals surface area contributed by atoms with Crippen LogP contribution in [-0.2, 0) is 4.74 Å². The topological polar surface area (TPSA) is 51.4 Å². The number of hydrogen-bond donors (Lipinski definition) is 0. The zero-order valence-corrected chi connectivity index (χ0v) is 13.8. The molecule has 22 heavy (non-hydrogen) atoms. The van der Waals surface area contributed by atoms with Crippen LogP contribution in [0.25, 0.3) is 0 Å². The van der Waals surface area contributed by atoms with Crippen molar-refractivity contribution in [3.8, 4) is 0 Å². The number of hydrogen-bond acceptors (Lipinski definition) is 5. The predicted octanol–water partition coefficient (Wildman–Crippen LogP) is 3.30. The van der Waals surface area contributed by atoms with Crippen LogP contribution in [0.4, 0.5) is 0 Å². The van der Waals surface area contributed by atoms with Crippen molar-refractivity contribution < 1.29 is 9.26 Å². The van der Waals surface area contributed by atoms with Crippen LogP contribution in [-0.4, -0.2) is 47.4 Å². The fourth-order valence-corrected chi connectivity index (χ4v) is 3.70. The fraction of sp³-hybridized carbons (Fsp3) is 0.882. The van der Waals surface area contributed by atoms with E-state index in [1.807, 2.05) is 6.92 Å². The summed E-state index contributed by atoms with van der Waals surface area (Å²) in [5.41, 5.74) is 0. The lowest BCUT2D eigenvalue weighted by molar-refractivity contribution is 0.0240. The smallest absolute Gasteiger partial charge is 0.231 e. The van der Waals surface area contributed by atoms with E-state index in [-0.39, 0.29) is 0 Å². The van der Waals surface area contributed by atoms with Crippen LogP contribution in [0.5, 0.6) is 0 Å². The first-order valence-corrected chi connectivity index (χ1v) is 8.95. The van der Waals surface area contributed by atoms with E-state index in [4.69, 9.17) is 9.26 Å². The minimum atomic E-state index is 0.396. The number of aryl methyl sites for hydroxylation is 1. The van der Waals surface area contributed by atoms with Crippen molar-refractivity contribution in [3.63, 3.8) is 0 Å². The Morgan fingerprint density at radius 2 is 1.95 bits per heavy atom. The van der Waals surface area contributed by atoms with Gasteiger partial charge in [-0.3, -0.25) is 0 Å². The maximum atomic E-state index is 6.12. The molecule has 5 heteroatoms. The number of rotatable bonds is 5. The Hall–Kier alpha value is -0.940. The highest BCUT2D eigenvalue weighted by atomic mass is 16.5. The number of aromatic nitrogens is 2. The lowest BCUT2D eigenvalue weighted by Gasteiger charge is -2.31. The fourth-order valence-electron chi connectivity index (χ4n) is 3.70. The van der Waals surface area contributed by atoms with Crippen LogP contribution >= 0.6 is 0 Å². The molecule has 1 aliphatic heterocycles. The van der Waals surface area contributed by atoms with Gasteiger partial charge in [0.2, 0.25) is 5.89 Å². The summed E-state index contributed by atoms with van der Waals surface area (Å²) >= 11 is 0. The van der Waals surface area contributed by atoms with Crippen molar-refractivity contribution in [3.05, 3.63) is 11.7 Å². The van der Waals surface area contributed by atoms with Gasteiger partial charge in [0.1, 0.15) is 0 Å². The van der Waals surface area contributed by atoms with Crippen molar-refractivity contribution in [1.82, 2.24) is 15.0 Å². The van der Waals surface area contributed by atoms with Crippen LogP contribution < -0.4 is 0 Å². The Labute approximate surface area is 133 Å². The van der Waals surface area contributed by atoms with Gasteiger partial charge in [-0.25, -0.2) is 0 Å². The molecule has 0 bridgehead atoms. The molecule has 1 aromatic heterocycles. The molecule has 0 N–H and O–H groups in total. The largest absolute Gasteiger partial charge is 0.377 e. The molecule has 1 atom stereocenters. The van der Waals surface area contributed by atoms with Gasteiger partial charge in [0, 0.05) is 13.1 Å². The van der Waals surface area contributed by atoms with Gasteiger partial charge < -0.3 is 14.2 Å². The first kappa shape index (κ1) is 15.9. The molecule has 2 heterocycles. The zero-order valence-electron chi connectivity index (χ0n) is 13.8. The highest BCUT2D eigenvalue weighted by molar-refractivity contribution is 4.96. The summed E-state index contributed by atoms with van der Waals surface area (Å²) in [5.74, 6) is 1.95. The molecule has 1 aliphatic carbocycles. The van der Waals surface area contributed by atoms with Gasteiger partial charge in [0.05, 0.1) is 18.6 Å². The molecular weight excluding hydrogens is 278 g/mol. The van der Waals surface area contributed by atoms with Gasteiger partial charge in [-0.1, -0.05) is 30.8 Å². The maximum absolute atomic E-state index is 6.12. The van der Waals surface area contributed by atoms with Crippen molar-refractivity contribution >= 4 is 0 Å². The molecule has 3 rings (SSSR count). The molecule has 0 aromatic carbocycles. The van der Waals surface area contributed by atoms with Crippen LogP contribution in [0.3, 0.4) is 0 Å². The van der Waals surface area contributed by atoms with E-state index in [9.17, 15) is 0 Å². The van der Waals surface area contributed by atoms with E-state index in [0.29, 0.717) is 12.0 Å². The van der Waals surface area contributed by atoms with Crippen LogP contribution in [0, 0.1) is 6.92 Å². The molecule has 0 spiro atoms. The van der Waals surface area contributed by atoms with Gasteiger partial charge in [0.15, 0.2) is 5.82 Å². The monoisotopic (exact) mass is 307 g/mol. The van der Waals surface area contributed by atoms with Gasteiger partial charge in [-0.2, -0.15) is 4.98 Å². The van der Waals surface area contributed by atoms with Crippen LogP contribution in [0.15, 0.2) is 4.52 Å². The number of likely N-dealkylation sites (tertiary alicyclic amines) is 1. The Bertz CT molecular complexity index is 441. The molecule has 2 fully saturated rings. The maximum Gasteiger partial charge on any atom is 0.231 e. The summed E-state index contributed by atoms with van der Waals surface area (Å²) in [6, 6.07) is 0. The second-order valence-electron chi connectivity index (χ2n) is 6.80. The second-order valence-corrected chi connectivity index (χ2v) is 6.80. The zero-order chi connectivity index (χ0) is 15.2. The van der Waals surface area contributed by atoms with Crippen LogP contribution in [0.2, 0.25) is 0 Å². The van der Waals surface area contributed by atoms with E-state index in [1.54, 1.807) is 0 Å². The third-order valence-corrected chi connectivity index (χ3v) is 4.96. The first-order valence-electron chi connectivity index (χ1n) is 8.95. The number of piperidine rings is 1. The highest BCUT2D eigenvalue weighted by Gasteiger charge is 2.25. The van der Waals surface area contributed by atoms with E-state index < -0.39 is 0 Å². The van der Waals surface area contributed by atoms with Crippen molar-refractivity contribution in [2.24, 2.45) is 0 Å². The van der Waals surface area contributed by atoms with E-state index in [0.717, 1.165) is 44.4 Å². The van der Waals surface area contributed by atoms with E-state index in [1.165, 1.54) is 44.9 Å². The molecule has 1 saturated heterocycles. The SMILES string of the molecule is Cc1noc(C2CCCN(CCOC3CCCCCC3)C2)n1. The molecule has 0 radical (unpaired) electrons. The molecule has 1 aromatic rings. The minimum absolute atomic E-state index is 0.396. The van der Waals surface area contributed by atoms with Gasteiger partial charge >= 0.3 is 0 Å². The van der Waals surface area contributed by atoms with Gasteiger partial charge in [-0.15, -0.1) is 0 Å². The summed E-state index contributed by atoms with van der Waals surface area (Å²) in [7, 11) is 0. The lowest BCUT2D eigenvalue weighted by atomic mass is 9.98. The normalized spacial score (nSPS) is 25.2. The third kappa shape index (κ3) is 4.53. The number of nitrogens with zero attached hydrogens (tertiary/aromatic N) is 3. The molecule has 1 unspecified atom stereocenters. The molecule has 2 aliphatic rings. The first-order chi connectivity index (χ1) is 10.8. The third-order valence-electron chi connectivity index (χ3n) is 4.96. The molecule has 124 valence electrons. The Morgan fingerprint density at radius 1 is 1.14 bits per heavy atom. The molecular formula is C17H29N3O2. The Morgan fingerprint density at radius 3 is 2.68 bits per heavy atom. The minimum Gasteiger partial charge on any atom is -0.377 e. The van der Waals surface area contributed by atoms with E-state index >= 15 is 0 Å². The second kappa shape index (κ2) is 8.06. The summed E-state index contributed by atoms with van der Waals surface area (Å²) in [4.78, 5) is 6.89. The standard InChI is InChI=1S/C17H29N3O2/c1-14-18-17(22-19-14)15-7-6-10-20(13-15)11-12-21-16-8-4-2-3-5-9-16/h15-16H,2-13H2,1H3. The summed E-state index contributed by atoms with van der Waals surface area (Å²) in [5, 5.41) is 3.92. The Kier molecular flexibility index (Phi) is 5.84. The van der Waals surface area contributed by atoms with Crippen molar-refractivity contribution in [2.45, 2.75) is 70.3 Å². The number of ether oxygens (including phenoxy) is 1. The highest BCUT2D eigenvalue weighted by Crippen LogP contribution is 2.25. The predicted molar refractivity (Wildman–Crippen MR) is 84.9 cm³/mol. The lowest BCUT2D eigenvalue weighted by Crippen LogP contribution is -2.37. The van der Waals surface area contributed by atoms with Crippen molar-refractivity contribution in [1.29, 1.82) is 0 Å². The summed E-state index contributed by atoms with van der Waals surface area (Å²) < 4.78 is 11.5. The van der Waals surface area contributed by atoms with Gasteiger partial charge in [-0.05, 0) is 39.2 Å². The summed E-state index contributed by atoms with van der Waals surface area (Å²) in [6.45, 7) is 5.96. The molecule has 1 saturated carbocycles.